The van der Waals surface area contributed by atoms with Crippen molar-refractivity contribution in [3.05, 3.63) is 52.2 Å². The van der Waals surface area contributed by atoms with Crippen molar-refractivity contribution in [2.24, 2.45) is 0 Å². The summed E-state index contributed by atoms with van der Waals surface area (Å²) in [5.41, 5.74) is 3.02. The highest BCUT2D eigenvalue weighted by atomic mass is 16.5. The Morgan fingerprint density at radius 3 is 2.79 bits per heavy atom. The van der Waals surface area contributed by atoms with Crippen LogP contribution < -0.4 is 10.9 Å². The second kappa shape index (κ2) is 8.03. The van der Waals surface area contributed by atoms with Crippen molar-refractivity contribution >= 4 is 22.9 Å². The number of amides is 1. The molecule has 0 saturated carbocycles. The van der Waals surface area contributed by atoms with Gasteiger partial charge in [-0.1, -0.05) is 12.1 Å². The number of fused-ring (bicyclic) bond motifs is 1. The van der Waals surface area contributed by atoms with Crippen LogP contribution in [0.1, 0.15) is 18.1 Å². The number of hydrogen-bond donors (Lipinski definition) is 1. The number of nitrogens with one attached hydrogen (secondary N) is 1. The fraction of sp³-hybridized carbons (Fsp3) is 0.316. The van der Waals surface area contributed by atoms with E-state index in [4.69, 9.17) is 4.74 Å². The van der Waals surface area contributed by atoms with Crippen LogP contribution >= 0.6 is 0 Å². The summed E-state index contributed by atoms with van der Waals surface area (Å²) < 4.78 is 7.53. The zero-order valence-corrected chi connectivity index (χ0v) is 15.9. The Morgan fingerprint density at radius 1 is 1.25 bits per heavy atom. The molecule has 0 spiro atoms. The van der Waals surface area contributed by atoms with Gasteiger partial charge in [0.1, 0.15) is 24.8 Å². The van der Waals surface area contributed by atoms with Crippen LogP contribution in [-0.4, -0.2) is 44.4 Å². The number of esters is 1. The fourth-order valence-corrected chi connectivity index (χ4v) is 2.80. The van der Waals surface area contributed by atoms with E-state index < -0.39 is 11.9 Å². The number of carbonyl (C=O) groups is 2. The van der Waals surface area contributed by atoms with Crippen LogP contribution in [0.15, 0.2) is 35.5 Å². The zero-order valence-electron chi connectivity index (χ0n) is 15.9. The average molecular weight is 383 g/mol. The molecule has 0 aliphatic carbocycles. The smallest absolute Gasteiger partial charge is 0.325 e. The topological polar surface area (TPSA) is 108 Å². The van der Waals surface area contributed by atoms with Gasteiger partial charge in [-0.05, 0) is 38.0 Å². The standard InChI is InChI=1S/C19H21N5O4/c1-4-28-17(26)9-20-16(25)10-23-11-21-18-14(19(23)27)8-22-24(18)15-7-5-6-12(2)13(15)3/h5-8,11H,4,9-10H2,1-3H3,(H,20,25). The maximum Gasteiger partial charge on any atom is 0.325 e. The minimum atomic E-state index is -0.536. The summed E-state index contributed by atoms with van der Waals surface area (Å²) in [7, 11) is 0. The Balaban J connectivity index is 1.85. The summed E-state index contributed by atoms with van der Waals surface area (Å²) in [6.07, 6.45) is 2.75. The van der Waals surface area contributed by atoms with Crippen LogP contribution in [0.25, 0.3) is 16.7 Å². The molecule has 0 atom stereocenters. The lowest BCUT2D eigenvalue weighted by Crippen LogP contribution is -2.35. The second-order valence-electron chi connectivity index (χ2n) is 6.27. The van der Waals surface area contributed by atoms with E-state index in [1.54, 1.807) is 11.6 Å². The van der Waals surface area contributed by atoms with Gasteiger partial charge in [-0.2, -0.15) is 5.10 Å². The summed E-state index contributed by atoms with van der Waals surface area (Å²) in [5, 5.41) is 7.03. The maximum atomic E-state index is 12.7. The van der Waals surface area contributed by atoms with Gasteiger partial charge in [0.15, 0.2) is 5.65 Å². The second-order valence-corrected chi connectivity index (χ2v) is 6.27. The van der Waals surface area contributed by atoms with Crippen molar-refractivity contribution in [1.29, 1.82) is 0 Å². The third-order valence-corrected chi connectivity index (χ3v) is 4.41. The first-order chi connectivity index (χ1) is 13.4. The van der Waals surface area contributed by atoms with E-state index in [0.29, 0.717) is 11.0 Å². The van der Waals surface area contributed by atoms with Crippen molar-refractivity contribution in [2.45, 2.75) is 27.3 Å². The molecule has 0 unspecified atom stereocenters. The molecular weight excluding hydrogens is 362 g/mol. The zero-order chi connectivity index (χ0) is 20.3. The minimum absolute atomic E-state index is 0.235. The van der Waals surface area contributed by atoms with Crippen molar-refractivity contribution in [1.82, 2.24) is 24.6 Å². The van der Waals surface area contributed by atoms with Crippen LogP contribution in [0.3, 0.4) is 0 Å². The summed E-state index contributed by atoms with van der Waals surface area (Å²) in [4.78, 5) is 40.3. The predicted molar refractivity (Wildman–Crippen MR) is 102 cm³/mol. The lowest BCUT2D eigenvalue weighted by Gasteiger charge is -2.10. The number of ether oxygens (including phenoxy) is 1. The molecule has 0 saturated heterocycles. The molecule has 9 nitrogen and oxygen atoms in total. The Morgan fingerprint density at radius 2 is 2.04 bits per heavy atom. The number of benzene rings is 1. The van der Waals surface area contributed by atoms with Gasteiger partial charge in [0.25, 0.3) is 5.56 Å². The number of carbonyl (C=O) groups excluding carboxylic acids is 2. The van der Waals surface area contributed by atoms with Gasteiger partial charge in [-0.25, -0.2) is 9.67 Å². The van der Waals surface area contributed by atoms with E-state index in [0.717, 1.165) is 16.8 Å². The summed E-state index contributed by atoms with van der Waals surface area (Å²) in [6, 6.07) is 5.82. The molecule has 2 heterocycles. The number of hydrogen-bond acceptors (Lipinski definition) is 6. The number of nitrogens with zero attached hydrogens (tertiary/aromatic N) is 4. The average Bonchev–Trinajstić information content (AvgIpc) is 3.09. The molecule has 0 aliphatic heterocycles. The van der Waals surface area contributed by atoms with Crippen molar-refractivity contribution < 1.29 is 14.3 Å². The SMILES string of the molecule is CCOC(=O)CNC(=O)Cn1cnc2c(cnn2-c2cccc(C)c2C)c1=O. The highest BCUT2D eigenvalue weighted by Gasteiger charge is 2.15. The van der Waals surface area contributed by atoms with Crippen LogP contribution in [0, 0.1) is 13.8 Å². The molecule has 1 N–H and O–H groups in total. The molecule has 3 aromatic rings. The summed E-state index contributed by atoms with van der Waals surface area (Å²) in [5.74, 6) is -1.02. The van der Waals surface area contributed by atoms with Gasteiger partial charge in [0, 0.05) is 0 Å². The fourth-order valence-electron chi connectivity index (χ4n) is 2.80. The van der Waals surface area contributed by atoms with E-state index in [2.05, 4.69) is 15.4 Å². The van der Waals surface area contributed by atoms with E-state index in [1.165, 1.54) is 17.1 Å². The van der Waals surface area contributed by atoms with E-state index in [1.807, 2.05) is 32.0 Å². The molecule has 28 heavy (non-hydrogen) atoms. The maximum absolute atomic E-state index is 12.7. The molecule has 0 fully saturated rings. The molecule has 9 heteroatoms. The lowest BCUT2D eigenvalue weighted by atomic mass is 10.1. The molecule has 0 radical (unpaired) electrons. The van der Waals surface area contributed by atoms with Crippen LogP contribution in [0.5, 0.6) is 0 Å². The summed E-state index contributed by atoms with van der Waals surface area (Å²) >= 11 is 0. The van der Waals surface area contributed by atoms with E-state index in [-0.39, 0.29) is 25.3 Å². The van der Waals surface area contributed by atoms with Crippen molar-refractivity contribution in [3.63, 3.8) is 0 Å². The first-order valence-electron chi connectivity index (χ1n) is 8.84. The van der Waals surface area contributed by atoms with Gasteiger partial charge in [0.2, 0.25) is 5.91 Å². The lowest BCUT2D eigenvalue weighted by molar-refractivity contribution is -0.143. The number of aryl methyl sites for hydroxylation is 1. The van der Waals surface area contributed by atoms with Gasteiger partial charge in [0.05, 0.1) is 18.5 Å². The molecule has 146 valence electrons. The van der Waals surface area contributed by atoms with E-state index in [9.17, 15) is 14.4 Å². The first kappa shape index (κ1) is 19.3. The molecule has 0 aliphatic rings. The molecule has 2 aromatic heterocycles. The Hall–Kier alpha value is -3.49. The Labute approximate surface area is 160 Å². The molecule has 0 bridgehead atoms. The minimum Gasteiger partial charge on any atom is -0.465 e. The van der Waals surface area contributed by atoms with Gasteiger partial charge >= 0.3 is 5.97 Å². The van der Waals surface area contributed by atoms with Crippen LogP contribution in [0.4, 0.5) is 0 Å². The third-order valence-electron chi connectivity index (χ3n) is 4.41. The quantitative estimate of drug-likeness (QED) is 0.633. The van der Waals surface area contributed by atoms with Crippen LogP contribution in [0.2, 0.25) is 0 Å². The van der Waals surface area contributed by atoms with Gasteiger partial charge in [-0.3, -0.25) is 19.0 Å². The van der Waals surface area contributed by atoms with Crippen molar-refractivity contribution in [2.75, 3.05) is 13.2 Å². The van der Waals surface area contributed by atoms with Crippen LogP contribution in [-0.2, 0) is 20.9 Å². The third kappa shape index (κ3) is 3.78. The Bertz CT molecular complexity index is 1100. The Kier molecular flexibility index (Phi) is 5.53. The molecule has 3 rings (SSSR count). The monoisotopic (exact) mass is 383 g/mol. The van der Waals surface area contributed by atoms with Crippen molar-refractivity contribution in [3.8, 4) is 5.69 Å². The highest BCUT2D eigenvalue weighted by Crippen LogP contribution is 2.19. The van der Waals surface area contributed by atoms with Gasteiger partial charge in [-0.15, -0.1) is 0 Å². The molecule has 1 amide bonds. The molecule has 1 aromatic carbocycles. The summed E-state index contributed by atoms with van der Waals surface area (Å²) in [6.45, 7) is 5.39. The first-order valence-corrected chi connectivity index (χ1v) is 8.84. The van der Waals surface area contributed by atoms with Gasteiger partial charge < -0.3 is 10.1 Å². The number of rotatable bonds is 6. The number of aromatic nitrogens is 4. The normalized spacial score (nSPS) is 10.8. The molecular formula is C19H21N5O4. The largest absolute Gasteiger partial charge is 0.465 e. The van der Waals surface area contributed by atoms with E-state index >= 15 is 0 Å². The highest BCUT2D eigenvalue weighted by molar-refractivity contribution is 5.82. The predicted octanol–water partition coefficient (Wildman–Crippen LogP) is 0.878.